The van der Waals surface area contributed by atoms with E-state index in [9.17, 15) is 9.59 Å². The molecule has 2 aliphatic carbocycles. The Kier molecular flexibility index (Phi) is 5.51. The zero-order valence-corrected chi connectivity index (χ0v) is 17.8. The van der Waals surface area contributed by atoms with Crippen LogP contribution in [-0.2, 0) is 17.6 Å². The maximum Gasteiger partial charge on any atom is 0.341 e. The highest BCUT2D eigenvalue weighted by Crippen LogP contribution is 2.51. The van der Waals surface area contributed by atoms with Crippen molar-refractivity contribution >= 4 is 28.1 Å². The van der Waals surface area contributed by atoms with Gasteiger partial charge in [0.1, 0.15) is 11.3 Å². The van der Waals surface area contributed by atoms with Crippen LogP contribution in [0.4, 0.5) is 5.00 Å². The van der Waals surface area contributed by atoms with E-state index >= 15 is 0 Å². The van der Waals surface area contributed by atoms with Gasteiger partial charge in [-0.05, 0) is 49.5 Å². The van der Waals surface area contributed by atoms with Crippen LogP contribution in [0.2, 0.25) is 0 Å². The Morgan fingerprint density at radius 1 is 1.45 bits per heavy atom. The summed E-state index contributed by atoms with van der Waals surface area (Å²) in [5.74, 6) is 0.622. The second-order valence-corrected chi connectivity index (χ2v) is 9.94. The van der Waals surface area contributed by atoms with Gasteiger partial charge in [-0.3, -0.25) is 4.79 Å². The molecule has 1 saturated carbocycles. The first-order chi connectivity index (χ1) is 13.9. The van der Waals surface area contributed by atoms with E-state index in [0.29, 0.717) is 40.8 Å². The number of Topliss-reactive ketones (excluding diaryl/α,β-unsaturated/α-hetero) is 1. The number of aromatic nitrogens is 1. The minimum atomic E-state index is -0.404. The van der Waals surface area contributed by atoms with Gasteiger partial charge in [0.15, 0.2) is 5.78 Å². The molecule has 0 radical (unpaired) electrons. The second-order valence-electron chi connectivity index (χ2n) is 8.89. The van der Waals surface area contributed by atoms with Crippen molar-refractivity contribution in [1.82, 2.24) is 5.16 Å². The Hall–Kier alpha value is -2.15. The van der Waals surface area contributed by atoms with Gasteiger partial charge in [0.2, 0.25) is 0 Å². The van der Waals surface area contributed by atoms with Crippen LogP contribution < -0.4 is 5.73 Å². The number of ether oxygens (including phenoxy) is 1. The summed E-state index contributed by atoms with van der Waals surface area (Å²) in [4.78, 5) is 26.9. The number of anilines is 1. The maximum absolute atomic E-state index is 13.7. The van der Waals surface area contributed by atoms with Gasteiger partial charge in [-0.1, -0.05) is 31.8 Å². The third-order valence-corrected chi connectivity index (χ3v) is 7.11. The standard InChI is InChI=1S/C22H28N2O4S/c1-13(2)12-27-21(26)17-16-6-9-22(11-14-3-4-14,8-5-15-7-10-28-24-15)19(25)18(16)29-20(17)23/h7,10,13-14H,3-6,8-9,11-12,23H2,1-2H3. The van der Waals surface area contributed by atoms with Crippen molar-refractivity contribution < 1.29 is 18.8 Å². The van der Waals surface area contributed by atoms with Gasteiger partial charge in [0, 0.05) is 11.5 Å². The molecule has 0 aliphatic heterocycles. The molecule has 2 aromatic heterocycles. The topological polar surface area (TPSA) is 95.4 Å². The maximum atomic E-state index is 13.7. The molecule has 1 unspecified atom stereocenters. The largest absolute Gasteiger partial charge is 0.462 e. The lowest BCUT2D eigenvalue weighted by molar-refractivity contribution is 0.0458. The van der Waals surface area contributed by atoms with Crippen LogP contribution in [0.15, 0.2) is 16.9 Å². The Labute approximate surface area is 174 Å². The number of nitrogens with two attached hydrogens (primary N) is 1. The number of nitrogen functional groups attached to an aromatic ring is 1. The van der Waals surface area contributed by atoms with E-state index in [1.54, 1.807) is 6.26 Å². The average molecular weight is 417 g/mol. The fraction of sp³-hybridized carbons (Fsp3) is 0.591. The van der Waals surface area contributed by atoms with Gasteiger partial charge in [0.25, 0.3) is 0 Å². The summed E-state index contributed by atoms with van der Waals surface area (Å²) >= 11 is 1.25. The Balaban J connectivity index is 1.60. The molecule has 7 heteroatoms. The van der Waals surface area contributed by atoms with Gasteiger partial charge in [-0.15, -0.1) is 11.3 Å². The number of ketones is 1. The second kappa shape index (κ2) is 7.94. The molecule has 4 rings (SSSR count). The molecule has 2 N–H and O–H groups in total. The first kappa shape index (κ1) is 20.1. The highest BCUT2D eigenvalue weighted by atomic mass is 32.1. The molecule has 0 aromatic carbocycles. The van der Waals surface area contributed by atoms with Gasteiger partial charge >= 0.3 is 5.97 Å². The van der Waals surface area contributed by atoms with Crippen LogP contribution in [0, 0.1) is 17.3 Å². The fourth-order valence-corrected chi connectivity index (χ4v) is 5.47. The molecular formula is C22H28N2O4S. The minimum absolute atomic E-state index is 0.147. The molecule has 1 fully saturated rings. The SMILES string of the molecule is CC(C)COC(=O)c1c(N)sc2c1CCC(CCc1ccon1)(CC1CC1)C2=O. The predicted molar refractivity (Wildman–Crippen MR) is 111 cm³/mol. The molecule has 2 aromatic rings. The average Bonchev–Trinajstić information content (AvgIpc) is 3.20. The van der Waals surface area contributed by atoms with E-state index in [0.717, 1.165) is 30.5 Å². The summed E-state index contributed by atoms with van der Waals surface area (Å²) in [7, 11) is 0. The minimum Gasteiger partial charge on any atom is -0.462 e. The zero-order chi connectivity index (χ0) is 20.6. The van der Waals surface area contributed by atoms with Crippen LogP contribution in [0.5, 0.6) is 0 Å². The molecule has 156 valence electrons. The molecule has 1 atom stereocenters. The van der Waals surface area contributed by atoms with E-state index in [4.69, 9.17) is 15.0 Å². The fourth-order valence-electron chi connectivity index (χ4n) is 4.31. The Morgan fingerprint density at radius 3 is 2.90 bits per heavy atom. The third-order valence-electron chi connectivity index (χ3n) is 6.05. The van der Waals surface area contributed by atoms with E-state index in [-0.39, 0.29) is 11.7 Å². The van der Waals surface area contributed by atoms with Crippen molar-refractivity contribution in [2.24, 2.45) is 17.3 Å². The van der Waals surface area contributed by atoms with Crippen LogP contribution >= 0.6 is 11.3 Å². The molecule has 6 nitrogen and oxygen atoms in total. The van der Waals surface area contributed by atoms with Crippen molar-refractivity contribution in [3.63, 3.8) is 0 Å². The summed E-state index contributed by atoms with van der Waals surface area (Å²) in [6.07, 6.45) is 7.77. The number of fused-ring (bicyclic) bond motifs is 1. The highest BCUT2D eigenvalue weighted by molar-refractivity contribution is 7.18. The molecule has 2 heterocycles. The molecule has 0 saturated heterocycles. The Bertz CT molecular complexity index is 898. The third kappa shape index (κ3) is 4.10. The summed E-state index contributed by atoms with van der Waals surface area (Å²) in [5, 5.41) is 4.41. The zero-order valence-electron chi connectivity index (χ0n) is 17.0. The lowest BCUT2D eigenvalue weighted by Crippen LogP contribution is -2.37. The molecule has 0 bridgehead atoms. The van der Waals surface area contributed by atoms with Gasteiger partial charge in [0.05, 0.1) is 22.7 Å². The lowest BCUT2D eigenvalue weighted by Gasteiger charge is -2.36. The van der Waals surface area contributed by atoms with Crippen LogP contribution in [0.3, 0.4) is 0 Å². The number of aryl methyl sites for hydroxylation is 1. The molecular weight excluding hydrogens is 388 g/mol. The van der Waals surface area contributed by atoms with Gasteiger partial charge in [-0.25, -0.2) is 4.79 Å². The number of hydrogen-bond donors (Lipinski definition) is 1. The number of carbonyl (C=O) groups is 2. The smallest absolute Gasteiger partial charge is 0.341 e. The van der Waals surface area contributed by atoms with Crippen molar-refractivity contribution in [3.8, 4) is 0 Å². The molecule has 29 heavy (non-hydrogen) atoms. The van der Waals surface area contributed by atoms with Crippen molar-refractivity contribution in [3.05, 3.63) is 34.0 Å². The van der Waals surface area contributed by atoms with Crippen molar-refractivity contribution in [2.75, 3.05) is 12.3 Å². The van der Waals surface area contributed by atoms with Crippen molar-refractivity contribution in [2.45, 2.75) is 58.8 Å². The van der Waals surface area contributed by atoms with Gasteiger partial charge < -0.3 is 15.0 Å². The number of esters is 1. The van der Waals surface area contributed by atoms with Gasteiger partial charge in [-0.2, -0.15) is 0 Å². The summed E-state index contributed by atoms with van der Waals surface area (Å²) < 4.78 is 10.4. The first-order valence-electron chi connectivity index (χ1n) is 10.4. The normalized spacial score (nSPS) is 21.4. The predicted octanol–water partition coefficient (Wildman–Crippen LogP) is 4.68. The molecule has 0 spiro atoms. The summed E-state index contributed by atoms with van der Waals surface area (Å²) in [6.45, 7) is 4.33. The molecule has 0 amide bonds. The van der Waals surface area contributed by atoms with E-state index in [1.165, 1.54) is 24.2 Å². The van der Waals surface area contributed by atoms with E-state index in [1.807, 2.05) is 19.9 Å². The number of rotatable bonds is 8. The van der Waals surface area contributed by atoms with E-state index < -0.39 is 11.4 Å². The van der Waals surface area contributed by atoms with Crippen molar-refractivity contribution in [1.29, 1.82) is 0 Å². The summed E-state index contributed by atoms with van der Waals surface area (Å²) in [5.41, 5.74) is 7.87. The van der Waals surface area contributed by atoms with Crippen LogP contribution in [0.25, 0.3) is 0 Å². The monoisotopic (exact) mass is 416 g/mol. The summed E-state index contributed by atoms with van der Waals surface area (Å²) in [6, 6.07) is 1.86. The van der Waals surface area contributed by atoms with E-state index in [2.05, 4.69) is 5.16 Å². The lowest BCUT2D eigenvalue weighted by atomic mass is 9.67. The number of thiophene rings is 1. The molecule has 2 aliphatic rings. The number of carbonyl (C=O) groups excluding carboxylic acids is 2. The number of hydrogen-bond acceptors (Lipinski definition) is 7. The first-order valence-corrected chi connectivity index (χ1v) is 11.2. The Morgan fingerprint density at radius 2 is 2.24 bits per heavy atom. The highest BCUT2D eigenvalue weighted by Gasteiger charge is 2.47. The van der Waals surface area contributed by atoms with Crippen LogP contribution in [-0.4, -0.2) is 23.5 Å². The quantitative estimate of drug-likeness (QED) is 0.628. The number of nitrogens with zero attached hydrogens (tertiary/aromatic N) is 1. The van der Waals surface area contributed by atoms with Crippen LogP contribution in [0.1, 0.15) is 77.2 Å².